The zero-order chi connectivity index (χ0) is 15.1. The third kappa shape index (κ3) is 4.04. The summed E-state index contributed by atoms with van der Waals surface area (Å²) in [6.45, 7) is 0.392. The van der Waals surface area contributed by atoms with E-state index in [2.05, 4.69) is 15.5 Å². The van der Waals surface area contributed by atoms with Crippen LogP contribution >= 0.6 is 0 Å². The first-order valence-corrected chi connectivity index (χ1v) is 6.27. The first kappa shape index (κ1) is 14.5. The van der Waals surface area contributed by atoms with Crippen LogP contribution in [-0.2, 0) is 6.54 Å². The minimum absolute atomic E-state index is 0.265. The molecule has 0 saturated heterocycles. The van der Waals surface area contributed by atoms with Gasteiger partial charge in [0, 0.05) is 12.7 Å². The van der Waals surface area contributed by atoms with Gasteiger partial charge in [0.15, 0.2) is 0 Å². The molecule has 0 unspecified atom stereocenters. The Hall–Kier alpha value is -2.89. The van der Waals surface area contributed by atoms with E-state index in [4.69, 9.17) is 9.94 Å². The molecule has 108 valence electrons. The van der Waals surface area contributed by atoms with Gasteiger partial charge in [-0.3, -0.25) is 9.78 Å². The van der Waals surface area contributed by atoms with E-state index in [1.165, 1.54) is 12.4 Å². The highest BCUT2D eigenvalue weighted by molar-refractivity contribution is 5.94. The Bertz CT molecular complexity index is 639. The van der Waals surface area contributed by atoms with E-state index in [9.17, 15) is 4.79 Å². The molecule has 2 aromatic rings. The molecule has 2 rings (SSSR count). The van der Waals surface area contributed by atoms with Crippen molar-refractivity contribution in [1.82, 2.24) is 10.3 Å². The second kappa shape index (κ2) is 7.04. The molecule has 0 aliphatic heterocycles. The molecule has 0 spiro atoms. The number of nitrogens with zero attached hydrogens (tertiary/aromatic N) is 2. The zero-order valence-electron chi connectivity index (χ0n) is 11.5. The lowest BCUT2D eigenvalue weighted by molar-refractivity contribution is 0.0946. The maximum Gasteiger partial charge on any atom is 0.270 e. The van der Waals surface area contributed by atoms with Gasteiger partial charge >= 0.3 is 0 Å². The number of methoxy groups -OCH3 is 1. The van der Waals surface area contributed by atoms with E-state index in [1.807, 2.05) is 24.3 Å². The summed E-state index contributed by atoms with van der Waals surface area (Å²) in [5.74, 6) is 0.474. The second-order valence-corrected chi connectivity index (χ2v) is 4.25. The summed E-state index contributed by atoms with van der Waals surface area (Å²) in [6.07, 6.45) is 2.72. The quantitative estimate of drug-likeness (QED) is 0.498. The molecule has 0 radical (unpaired) electrons. The molecule has 1 amide bonds. The van der Waals surface area contributed by atoms with Crippen LogP contribution in [0.1, 0.15) is 21.6 Å². The van der Waals surface area contributed by atoms with Crippen LogP contribution in [0.2, 0.25) is 0 Å². The number of oxime groups is 1. The lowest BCUT2D eigenvalue weighted by Gasteiger charge is -2.06. The first-order valence-electron chi connectivity index (χ1n) is 6.27. The molecule has 6 nitrogen and oxygen atoms in total. The van der Waals surface area contributed by atoms with Crippen LogP contribution in [-0.4, -0.2) is 29.4 Å². The van der Waals surface area contributed by atoms with Gasteiger partial charge in [-0.15, -0.1) is 0 Å². The third-order valence-corrected chi connectivity index (χ3v) is 2.84. The van der Waals surface area contributed by atoms with Crippen LogP contribution in [0, 0.1) is 0 Å². The topological polar surface area (TPSA) is 83.8 Å². The van der Waals surface area contributed by atoms with Gasteiger partial charge < -0.3 is 15.3 Å². The van der Waals surface area contributed by atoms with Gasteiger partial charge in [0.05, 0.1) is 13.3 Å². The molecule has 1 aromatic carbocycles. The molecule has 0 atom stereocenters. The van der Waals surface area contributed by atoms with Gasteiger partial charge in [-0.2, -0.15) is 0 Å². The lowest BCUT2D eigenvalue weighted by Crippen LogP contribution is -2.23. The van der Waals surface area contributed by atoms with Crippen molar-refractivity contribution in [1.29, 1.82) is 0 Å². The molecule has 0 saturated carbocycles. The Morgan fingerprint density at radius 1 is 1.38 bits per heavy atom. The van der Waals surface area contributed by atoms with Crippen molar-refractivity contribution in [3.05, 3.63) is 59.4 Å². The van der Waals surface area contributed by atoms with Crippen molar-refractivity contribution in [3.63, 3.8) is 0 Å². The number of rotatable bonds is 5. The molecule has 21 heavy (non-hydrogen) atoms. The van der Waals surface area contributed by atoms with E-state index < -0.39 is 0 Å². The summed E-state index contributed by atoms with van der Waals surface area (Å²) in [5, 5.41) is 14.2. The summed E-state index contributed by atoms with van der Waals surface area (Å²) in [5.41, 5.74) is 1.82. The molecule has 6 heteroatoms. The Morgan fingerprint density at radius 3 is 2.81 bits per heavy atom. The number of ether oxygens (including phenoxy) is 1. The summed E-state index contributed by atoms with van der Waals surface area (Å²) in [7, 11) is 1.60. The SMILES string of the molecule is COc1ccc(CNC(=O)c2cc(/C=N\O)ccn2)cc1. The summed E-state index contributed by atoms with van der Waals surface area (Å²) < 4.78 is 5.07. The van der Waals surface area contributed by atoms with Crippen molar-refractivity contribution >= 4 is 12.1 Å². The fourth-order valence-corrected chi connectivity index (χ4v) is 1.73. The van der Waals surface area contributed by atoms with Gasteiger partial charge in [-0.05, 0) is 35.4 Å². The number of benzene rings is 1. The molecular weight excluding hydrogens is 270 g/mol. The minimum Gasteiger partial charge on any atom is -0.497 e. The van der Waals surface area contributed by atoms with Gasteiger partial charge in [-0.1, -0.05) is 17.3 Å². The van der Waals surface area contributed by atoms with Gasteiger partial charge in [0.1, 0.15) is 11.4 Å². The molecule has 2 N–H and O–H groups in total. The molecule has 0 fully saturated rings. The van der Waals surface area contributed by atoms with Crippen molar-refractivity contribution in [2.75, 3.05) is 7.11 Å². The predicted molar refractivity (Wildman–Crippen MR) is 77.8 cm³/mol. The molecule has 1 aromatic heterocycles. The van der Waals surface area contributed by atoms with E-state index in [0.717, 1.165) is 11.3 Å². The standard InChI is InChI=1S/C15H15N3O3/c1-21-13-4-2-11(3-5-13)9-17-15(19)14-8-12(10-18-20)6-7-16-14/h2-8,10,20H,9H2,1H3,(H,17,19)/b18-10-. The normalized spacial score (nSPS) is 10.5. The lowest BCUT2D eigenvalue weighted by atomic mass is 10.2. The van der Waals surface area contributed by atoms with E-state index in [1.54, 1.807) is 19.2 Å². The maximum atomic E-state index is 12.0. The zero-order valence-corrected chi connectivity index (χ0v) is 11.5. The average molecular weight is 285 g/mol. The fourth-order valence-electron chi connectivity index (χ4n) is 1.73. The van der Waals surface area contributed by atoms with Crippen LogP contribution in [0.3, 0.4) is 0 Å². The predicted octanol–water partition coefficient (Wildman–Crippen LogP) is 1.83. The van der Waals surface area contributed by atoms with Crippen LogP contribution in [0.5, 0.6) is 5.75 Å². The number of amides is 1. The van der Waals surface area contributed by atoms with Gasteiger partial charge in [-0.25, -0.2) is 0 Å². The van der Waals surface area contributed by atoms with Gasteiger partial charge in [0.25, 0.3) is 5.91 Å². The first-order chi connectivity index (χ1) is 10.2. The van der Waals surface area contributed by atoms with Crippen molar-refractivity contribution in [2.45, 2.75) is 6.54 Å². The number of aromatic nitrogens is 1. The smallest absolute Gasteiger partial charge is 0.270 e. The molecule has 1 heterocycles. The maximum absolute atomic E-state index is 12.0. The number of hydrogen-bond donors (Lipinski definition) is 2. The molecule has 0 aliphatic rings. The molecular formula is C15H15N3O3. The highest BCUT2D eigenvalue weighted by Crippen LogP contribution is 2.11. The van der Waals surface area contributed by atoms with E-state index >= 15 is 0 Å². The Kier molecular flexibility index (Phi) is 4.87. The molecule has 0 bridgehead atoms. The van der Waals surface area contributed by atoms with Gasteiger partial charge in [0.2, 0.25) is 0 Å². The minimum atomic E-state index is -0.293. The van der Waals surface area contributed by atoms with E-state index in [-0.39, 0.29) is 11.6 Å². The van der Waals surface area contributed by atoms with Crippen LogP contribution in [0.25, 0.3) is 0 Å². The second-order valence-electron chi connectivity index (χ2n) is 4.25. The monoisotopic (exact) mass is 285 g/mol. The van der Waals surface area contributed by atoms with Crippen molar-refractivity contribution < 1.29 is 14.7 Å². The summed E-state index contributed by atoms with van der Waals surface area (Å²) >= 11 is 0. The third-order valence-electron chi connectivity index (χ3n) is 2.84. The highest BCUT2D eigenvalue weighted by atomic mass is 16.5. The van der Waals surface area contributed by atoms with E-state index in [0.29, 0.717) is 12.1 Å². The highest BCUT2D eigenvalue weighted by Gasteiger charge is 2.07. The van der Waals surface area contributed by atoms with Crippen molar-refractivity contribution in [3.8, 4) is 5.75 Å². The van der Waals surface area contributed by atoms with Crippen LogP contribution in [0.15, 0.2) is 47.8 Å². The Morgan fingerprint density at radius 2 is 2.14 bits per heavy atom. The number of carbonyl (C=O) groups is 1. The number of nitrogens with one attached hydrogen (secondary N) is 1. The summed E-state index contributed by atoms with van der Waals surface area (Å²) in [4.78, 5) is 16.0. The fraction of sp³-hybridized carbons (Fsp3) is 0.133. The number of carbonyl (C=O) groups excluding carboxylic acids is 1. The summed E-state index contributed by atoms with van der Waals surface area (Å²) in [6, 6.07) is 10.6. The average Bonchev–Trinajstić information content (AvgIpc) is 2.53. The van der Waals surface area contributed by atoms with Crippen LogP contribution < -0.4 is 10.1 Å². The Labute approximate surface area is 122 Å². The number of hydrogen-bond acceptors (Lipinski definition) is 5. The Balaban J connectivity index is 1.99. The largest absolute Gasteiger partial charge is 0.497 e. The molecule has 0 aliphatic carbocycles. The van der Waals surface area contributed by atoms with Crippen molar-refractivity contribution in [2.24, 2.45) is 5.16 Å². The van der Waals surface area contributed by atoms with Crippen LogP contribution in [0.4, 0.5) is 0 Å². The number of pyridine rings is 1.